The molecule has 0 saturated carbocycles. The molecule has 1 aromatic rings. The number of hydrogen-bond acceptors (Lipinski definition) is 3. The van der Waals surface area contributed by atoms with E-state index in [-0.39, 0.29) is 39.3 Å². The van der Waals surface area contributed by atoms with Crippen LogP contribution in [0, 0.1) is 5.92 Å². The molecule has 2 unspecified atom stereocenters. The molecule has 0 radical (unpaired) electrons. The third kappa shape index (κ3) is 4.00. The number of piperidine rings is 1. The first kappa shape index (κ1) is 18.0. The second-order valence-electron chi connectivity index (χ2n) is 4.75. The molecule has 8 heteroatoms. The zero-order valence-corrected chi connectivity index (χ0v) is 14.0. The molecule has 2 atom stereocenters. The Kier molecular flexibility index (Phi) is 6.57. The van der Waals surface area contributed by atoms with Crippen LogP contribution in [0.1, 0.15) is 13.3 Å². The molecule has 114 valence electrons. The van der Waals surface area contributed by atoms with Gasteiger partial charge in [0.05, 0.1) is 10.0 Å². The summed E-state index contributed by atoms with van der Waals surface area (Å²) in [5, 5.41) is 3.45. The molecule has 0 bridgehead atoms. The van der Waals surface area contributed by atoms with Crippen molar-refractivity contribution in [1.29, 1.82) is 0 Å². The number of hydrogen-bond donors (Lipinski definition) is 2. The Morgan fingerprint density at radius 2 is 1.90 bits per heavy atom. The van der Waals surface area contributed by atoms with Crippen molar-refractivity contribution in [3.63, 3.8) is 0 Å². The maximum absolute atomic E-state index is 12.4. The number of benzene rings is 1. The van der Waals surface area contributed by atoms with Gasteiger partial charge in [0, 0.05) is 12.6 Å². The van der Waals surface area contributed by atoms with Crippen molar-refractivity contribution < 1.29 is 8.42 Å². The van der Waals surface area contributed by atoms with E-state index < -0.39 is 10.0 Å². The van der Waals surface area contributed by atoms with E-state index in [9.17, 15) is 8.42 Å². The molecule has 4 nitrogen and oxygen atoms in total. The fraction of sp³-hybridized carbons (Fsp3) is 0.500. The summed E-state index contributed by atoms with van der Waals surface area (Å²) < 4.78 is 27.4. The van der Waals surface area contributed by atoms with Gasteiger partial charge in [-0.15, -0.1) is 12.4 Å². The summed E-state index contributed by atoms with van der Waals surface area (Å²) in [7, 11) is -3.71. The van der Waals surface area contributed by atoms with Gasteiger partial charge < -0.3 is 5.32 Å². The van der Waals surface area contributed by atoms with Gasteiger partial charge in [0.25, 0.3) is 0 Å². The highest BCUT2D eigenvalue weighted by molar-refractivity contribution is 7.89. The molecular formula is C12H17Cl3N2O2S. The molecule has 0 amide bonds. The number of nitrogens with one attached hydrogen (secondary N) is 2. The van der Waals surface area contributed by atoms with Gasteiger partial charge in [0.1, 0.15) is 4.90 Å². The van der Waals surface area contributed by atoms with E-state index in [0.717, 1.165) is 13.0 Å². The van der Waals surface area contributed by atoms with Gasteiger partial charge >= 0.3 is 0 Å². The third-order valence-corrected chi connectivity index (χ3v) is 5.77. The maximum Gasteiger partial charge on any atom is 0.243 e. The number of rotatable bonds is 3. The molecular weight excluding hydrogens is 343 g/mol. The van der Waals surface area contributed by atoms with Gasteiger partial charge in [-0.3, -0.25) is 0 Å². The maximum atomic E-state index is 12.4. The molecule has 0 aromatic heterocycles. The Bertz CT molecular complexity index is 546. The van der Waals surface area contributed by atoms with Gasteiger partial charge in [-0.25, -0.2) is 13.1 Å². The molecule has 20 heavy (non-hydrogen) atoms. The van der Waals surface area contributed by atoms with Crippen LogP contribution in [0.15, 0.2) is 23.1 Å². The Labute approximate surface area is 135 Å². The minimum Gasteiger partial charge on any atom is -0.315 e. The fourth-order valence-corrected chi connectivity index (χ4v) is 4.63. The second kappa shape index (κ2) is 7.29. The molecule has 2 N–H and O–H groups in total. The van der Waals surface area contributed by atoms with Crippen LogP contribution < -0.4 is 10.0 Å². The predicted octanol–water partition coefficient (Wildman–Crippen LogP) is 2.69. The average molecular weight is 360 g/mol. The molecule has 1 fully saturated rings. The van der Waals surface area contributed by atoms with Crippen LogP contribution in [0.2, 0.25) is 10.0 Å². The lowest BCUT2D eigenvalue weighted by molar-refractivity contribution is 0.327. The molecule has 0 aliphatic carbocycles. The van der Waals surface area contributed by atoms with E-state index in [1.807, 2.05) is 6.92 Å². The highest BCUT2D eigenvalue weighted by Crippen LogP contribution is 2.29. The zero-order valence-electron chi connectivity index (χ0n) is 10.9. The van der Waals surface area contributed by atoms with Crippen molar-refractivity contribution >= 4 is 45.6 Å². The first-order chi connectivity index (χ1) is 8.92. The third-order valence-electron chi connectivity index (χ3n) is 3.32. The summed E-state index contributed by atoms with van der Waals surface area (Å²) >= 11 is 11.9. The zero-order chi connectivity index (χ0) is 14.0. The monoisotopic (exact) mass is 358 g/mol. The second-order valence-corrected chi connectivity index (χ2v) is 7.21. The standard InChI is InChI=1S/C12H16Cl2N2O2S.ClH/c1-8-5-6-15-7-11(8)16-19(17,18)12-9(13)3-2-4-10(12)14;/h2-4,8,11,15-16H,5-7H2,1H3;1H. The fourth-order valence-electron chi connectivity index (χ4n) is 2.14. The Hall–Kier alpha value is -0.0400. The molecule has 1 aliphatic rings. The summed E-state index contributed by atoms with van der Waals surface area (Å²) in [4.78, 5) is -0.0453. The molecule has 1 heterocycles. The quantitative estimate of drug-likeness (QED) is 0.872. The Morgan fingerprint density at radius 3 is 2.45 bits per heavy atom. The Balaban J connectivity index is 0.00000200. The highest BCUT2D eigenvalue weighted by atomic mass is 35.5. The smallest absolute Gasteiger partial charge is 0.243 e. The van der Waals surface area contributed by atoms with Crippen molar-refractivity contribution in [3.8, 4) is 0 Å². The lowest BCUT2D eigenvalue weighted by atomic mass is 9.96. The molecule has 1 saturated heterocycles. The van der Waals surface area contributed by atoms with E-state index in [1.54, 1.807) is 6.07 Å². The van der Waals surface area contributed by atoms with Gasteiger partial charge in [0.2, 0.25) is 10.0 Å². The van der Waals surface area contributed by atoms with Crippen molar-refractivity contribution in [1.82, 2.24) is 10.0 Å². The number of sulfonamides is 1. The summed E-state index contributed by atoms with van der Waals surface area (Å²) in [6.45, 7) is 3.55. The normalized spacial score (nSPS) is 23.1. The van der Waals surface area contributed by atoms with Crippen molar-refractivity contribution in [2.24, 2.45) is 5.92 Å². The molecule has 1 aliphatic heterocycles. The lowest BCUT2D eigenvalue weighted by Gasteiger charge is -2.30. The van der Waals surface area contributed by atoms with Crippen LogP contribution in [-0.4, -0.2) is 27.5 Å². The average Bonchev–Trinajstić information content (AvgIpc) is 2.31. The van der Waals surface area contributed by atoms with Crippen molar-refractivity contribution in [3.05, 3.63) is 28.2 Å². The van der Waals surface area contributed by atoms with Crippen LogP contribution in [0.5, 0.6) is 0 Å². The van der Waals surface area contributed by atoms with E-state index >= 15 is 0 Å². The molecule has 2 rings (SSSR count). The topological polar surface area (TPSA) is 58.2 Å². The largest absolute Gasteiger partial charge is 0.315 e. The van der Waals surface area contributed by atoms with Gasteiger partial charge in [0.15, 0.2) is 0 Å². The summed E-state index contributed by atoms with van der Waals surface area (Å²) in [5.74, 6) is 0.275. The minimum atomic E-state index is -3.71. The highest BCUT2D eigenvalue weighted by Gasteiger charge is 2.29. The van der Waals surface area contributed by atoms with Crippen LogP contribution in [0.4, 0.5) is 0 Å². The van der Waals surface area contributed by atoms with E-state index in [4.69, 9.17) is 23.2 Å². The summed E-state index contributed by atoms with van der Waals surface area (Å²) in [6, 6.07) is 4.51. The van der Waals surface area contributed by atoms with E-state index in [1.165, 1.54) is 12.1 Å². The van der Waals surface area contributed by atoms with Crippen molar-refractivity contribution in [2.45, 2.75) is 24.3 Å². The van der Waals surface area contributed by atoms with Crippen LogP contribution in [-0.2, 0) is 10.0 Å². The van der Waals surface area contributed by atoms with E-state index in [0.29, 0.717) is 6.54 Å². The van der Waals surface area contributed by atoms with E-state index in [2.05, 4.69) is 10.0 Å². The van der Waals surface area contributed by atoms with Crippen LogP contribution in [0.25, 0.3) is 0 Å². The summed E-state index contributed by atoms with van der Waals surface area (Å²) in [5.41, 5.74) is 0. The molecule has 1 aromatic carbocycles. The van der Waals surface area contributed by atoms with Crippen LogP contribution >= 0.6 is 35.6 Å². The van der Waals surface area contributed by atoms with Gasteiger partial charge in [-0.2, -0.15) is 0 Å². The SMILES string of the molecule is CC1CCNCC1NS(=O)(=O)c1c(Cl)cccc1Cl.Cl. The van der Waals surface area contributed by atoms with Crippen molar-refractivity contribution in [2.75, 3.05) is 13.1 Å². The first-order valence-corrected chi connectivity index (χ1v) is 8.33. The lowest BCUT2D eigenvalue weighted by Crippen LogP contribution is -2.50. The summed E-state index contributed by atoms with van der Waals surface area (Å²) in [6.07, 6.45) is 0.934. The Morgan fingerprint density at radius 1 is 1.30 bits per heavy atom. The van der Waals surface area contributed by atoms with Gasteiger partial charge in [-0.05, 0) is 31.0 Å². The van der Waals surface area contributed by atoms with Crippen LogP contribution in [0.3, 0.4) is 0 Å². The molecule has 0 spiro atoms. The van der Waals surface area contributed by atoms with Gasteiger partial charge in [-0.1, -0.05) is 36.2 Å². The first-order valence-electron chi connectivity index (χ1n) is 6.09. The minimum absolute atomic E-state index is 0. The number of halogens is 3. The predicted molar refractivity (Wildman–Crippen MR) is 84.5 cm³/mol.